The molecule has 7 nitrogen and oxygen atoms in total. The van der Waals surface area contributed by atoms with E-state index in [1.54, 1.807) is 25.6 Å². The van der Waals surface area contributed by atoms with E-state index in [0.717, 1.165) is 39.1 Å². The number of nitrogens with zero attached hydrogens (tertiary/aromatic N) is 3. The summed E-state index contributed by atoms with van der Waals surface area (Å²) in [5.74, 6) is 2.83. The first kappa shape index (κ1) is 20.8. The van der Waals surface area contributed by atoms with Gasteiger partial charge in [0.1, 0.15) is 29.4 Å². The molecule has 0 saturated carbocycles. The summed E-state index contributed by atoms with van der Waals surface area (Å²) >= 11 is 0. The third-order valence-electron chi connectivity index (χ3n) is 5.21. The lowest BCUT2D eigenvalue weighted by Gasteiger charge is -2.12. The maximum atomic E-state index is 12.8. The zero-order valence-electron chi connectivity index (χ0n) is 18.0. The molecule has 1 atom stereocenters. The van der Waals surface area contributed by atoms with E-state index in [4.69, 9.17) is 9.15 Å². The number of hydrogen-bond acceptors (Lipinski definition) is 6. The molecule has 0 spiro atoms. The number of ether oxygens (including phenoxy) is 1. The van der Waals surface area contributed by atoms with E-state index in [1.807, 2.05) is 61.5 Å². The Kier molecular flexibility index (Phi) is 5.58. The summed E-state index contributed by atoms with van der Waals surface area (Å²) in [6.07, 6.45) is 4.74. The molecule has 33 heavy (non-hydrogen) atoms. The van der Waals surface area contributed by atoms with Gasteiger partial charge in [0.2, 0.25) is 0 Å². The standard InChI is InChI=1S/C25H20N4O3S/c1-16-3-8-22(32-16)18-4-6-21(23(14-18)31-2)25-20-7-5-19(13-17(20)9-12-27-25)33(30)29-24-10-11-26-15-28-24/h3-15H,1-2H3,(H,26,28,29). The highest BCUT2D eigenvalue weighted by molar-refractivity contribution is 7.86. The molecule has 0 aliphatic rings. The Morgan fingerprint density at radius 1 is 0.970 bits per heavy atom. The average molecular weight is 457 g/mol. The van der Waals surface area contributed by atoms with Gasteiger partial charge in [-0.15, -0.1) is 0 Å². The minimum Gasteiger partial charge on any atom is -0.496 e. The fraction of sp³-hybridized carbons (Fsp3) is 0.0800. The Balaban J connectivity index is 1.52. The van der Waals surface area contributed by atoms with Gasteiger partial charge in [0.05, 0.1) is 17.7 Å². The van der Waals surface area contributed by atoms with Crippen LogP contribution < -0.4 is 9.46 Å². The van der Waals surface area contributed by atoms with E-state index < -0.39 is 11.0 Å². The van der Waals surface area contributed by atoms with Crippen molar-refractivity contribution < 1.29 is 13.4 Å². The molecule has 0 saturated heterocycles. The molecule has 0 fully saturated rings. The second-order valence-electron chi connectivity index (χ2n) is 7.33. The van der Waals surface area contributed by atoms with Gasteiger partial charge in [-0.05, 0) is 60.8 Å². The Hall–Kier alpha value is -4.04. The van der Waals surface area contributed by atoms with E-state index in [-0.39, 0.29) is 0 Å². The summed E-state index contributed by atoms with van der Waals surface area (Å²) in [7, 11) is 0.174. The van der Waals surface area contributed by atoms with Crippen LogP contribution in [0.15, 0.2) is 88.7 Å². The summed E-state index contributed by atoms with van der Waals surface area (Å²) in [6.45, 7) is 1.92. The molecule has 0 radical (unpaired) electrons. The highest BCUT2D eigenvalue weighted by atomic mass is 32.2. The Labute approximate surface area is 193 Å². The molecule has 0 aliphatic heterocycles. The minimum atomic E-state index is -1.47. The Bertz CT molecular complexity index is 1470. The Morgan fingerprint density at radius 3 is 2.64 bits per heavy atom. The van der Waals surface area contributed by atoms with Crippen molar-refractivity contribution in [1.82, 2.24) is 15.0 Å². The van der Waals surface area contributed by atoms with E-state index >= 15 is 0 Å². The fourth-order valence-corrected chi connectivity index (χ4v) is 4.47. The van der Waals surface area contributed by atoms with E-state index in [0.29, 0.717) is 16.5 Å². The predicted octanol–water partition coefficient (Wildman–Crippen LogP) is 5.40. The van der Waals surface area contributed by atoms with Gasteiger partial charge in [0, 0.05) is 28.9 Å². The number of fused-ring (bicyclic) bond motifs is 1. The van der Waals surface area contributed by atoms with Crippen LogP contribution in [-0.2, 0) is 11.0 Å². The highest BCUT2D eigenvalue weighted by Gasteiger charge is 2.15. The smallest absolute Gasteiger partial charge is 0.151 e. The van der Waals surface area contributed by atoms with Crippen LogP contribution in [0.3, 0.4) is 0 Å². The van der Waals surface area contributed by atoms with Crippen LogP contribution in [-0.4, -0.2) is 26.3 Å². The van der Waals surface area contributed by atoms with Gasteiger partial charge in [-0.1, -0.05) is 12.1 Å². The molecule has 0 aliphatic carbocycles. The van der Waals surface area contributed by atoms with Crippen molar-refractivity contribution in [2.75, 3.05) is 11.8 Å². The second kappa shape index (κ2) is 8.84. The van der Waals surface area contributed by atoms with Gasteiger partial charge in [0.15, 0.2) is 11.0 Å². The van der Waals surface area contributed by atoms with Crippen molar-refractivity contribution in [2.24, 2.45) is 0 Å². The predicted molar refractivity (Wildman–Crippen MR) is 128 cm³/mol. The molecule has 0 bridgehead atoms. The number of methoxy groups -OCH3 is 1. The molecular formula is C25H20N4O3S. The summed E-state index contributed by atoms with van der Waals surface area (Å²) in [4.78, 5) is 13.2. The second-order valence-corrected chi connectivity index (χ2v) is 8.55. The zero-order valence-corrected chi connectivity index (χ0v) is 18.8. The molecule has 2 aromatic carbocycles. The molecule has 164 valence electrons. The van der Waals surface area contributed by atoms with Crippen LogP contribution in [0.1, 0.15) is 5.76 Å². The fourth-order valence-electron chi connectivity index (χ4n) is 3.62. The molecular weight excluding hydrogens is 436 g/mol. The molecule has 3 heterocycles. The van der Waals surface area contributed by atoms with Crippen molar-refractivity contribution in [3.8, 4) is 28.3 Å². The third-order valence-corrected chi connectivity index (χ3v) is 6.29. The van der Waals surface area contributed by atoms with Crippen molar-refractivity contribution >= 4 is 27.6 Å². The quantitative estimate of drug-likeness (QED) is 0.368. The summed E-state index contributed by atoms with van der Waals surface area (Å²) in [6, 6.07) is 19.0. The molecule has 8 heteroatoms. The molecule has 1 unspecified atom stereocenters. The summed E-state index contributed by atoms with van der Waals surface area (Å²) in [5, 5.41) is 1.85. The number of hydrogen-bond donors (Lipinski definition) is 1. The van der Waals surface area contributed by atoms with Crippen LogP contribution in [0.2, 0.25) is 0 Å². The van der Waals surface area contributed by atoms with Crippen LogP contribution in [0, 0.1) is 6.92 Å². The largest absolute Gasteiger partial charge is 0.496 e. The van der Waals surface area contributed by atoms with Crippen molar-refractivity contribution in [3.63, 3.8) is 0 Å². The zero-order chi connectivity index (χ0) is 22.8. The third kappa shape index (κ3) is 4.20. The number of rotatable bonds is 6. The monoisotopic (exact) mass is 456 g/mol. The first-order chi connectivity index (χ1) is 16.1. The summed E-state index contributed by atoms with van der Waals surface area (Å²) in [5.41, 5.74) is 2.58. The van der Waals surface area contributed by atoms with Crippen LogP contribution in [0.5, 0.6) is 5.75 Å². The SMILES string of the molecule is COc1cc(-c2ccc(C)o2)ccc1-c1nccc2cc(S(=O)Nc3ccncn3)ccc12. The van der Waals surface area contributed by atoms with Gasteiger partial charge in [-0.2, -0.15) is 0 Å². The Morgan fingerprint density at radius 2 is 1.88 bits per heavy atom. The molecule has 1 N–H and O–H groups in total. The van der Waals surface area contributed by atoms with E-state index in [1.165, 1.54) is 6.33 Å². The van der Waals surface area contributed by atoms with E-state index in [9.17, 15) is 4.21 Å². The first-order valence-electron chi connectivity index (χ1n) is 10.2. The number of anilines is 1. The highest BCUT2D eigenvalue weighted by Crippen LogP contribution is 2.37. The minimum absolute atomic E-state index is 0.496. The van der Waals surface area contributed by atoms with E-state index in [2.05, 4.69) is 19.7 Å². The van der Waals surface area contributed by atoms with Gasteiger partial charge < -0.3 is 9.15 Å². The average Bonchev–Trinajstić information content (AvgIpc) is 3.29. The molecule has 5 rings (SSSR count). The molecule has 3 aromatic heterocycles. The number of furan rings is 1. The number of aromatic nitrogens is 3. The molecule has 0 amide bonds. The lowest BCUT2D eigenvalue weighted by Crippen LogP contribution is -2.06. The number of nitrogens with one attached hydrogen (secondary N) is 1. The normalized spacial score (nSPS) is 11.9. The van der Waals surface area contributed by atoms with Crippen molar-refractivity contribution in [2.45, 2.75) is 11.8 Å². The van der Waals surface area contributed by atoms with Crippen molar-refractivity contribution in [1.29, 1.82) is 0 Å². The number of aryl methyl sites for hydroxylation is 1. The number of pyridine rings is 1. The number of benzene rings is 2. The maximum absolute atomic E-state index is 12.8. The maximum Gasteiger partial charge on any atom is 0.151 e. The topological polar surface area (TPSA) is 90.1 Å². The first-order valence-corrected chi connectivity index (χ1v) is 11.4. The van der Waals surface area contributed by atoms with Crippen LogP contribution >= 0.6 is 0 Å². The summed E-state index contributed by atoms with van der Waals surface area (Å²) < 4.78 is 27.1. The van der Waals surface area contributed by atoms with Gasteiger partial charge >= 0.3 is 0 Å². The van der Waals surface area contributed by atoms with Crippen LogP contribution in [0.4, 0.5) is 5.82 Å². The lowest BCUT2D eigenvalue weighted by molar-refractivity contribution is 0.416. The van der Waals surface area contributed by atoms with Crippen LogP contribution in [0.25, 0.3) is 33.4 Å². The van der Waals surface area contributed by atoms with Gasteiger partial charge in [-0.25, -0.2) is 14.2 Å². The lowest BCUT2D eigenvalue weighted by atomic mass is 10.0. The van der Waals surface area contributed by atoms with Gasteiger partial charge in [-0.3, -0.25) is 9.71 Å². The molecule has 5 aromatic rings. The van der Waals surface area contributed by atoms with Gasteiger partial charge in [0.25, 0.3) is 0 Å². The van der Waals surface area contributed by atoms with Crippen molar-refractivity contribution in [3.05, 3.63) is 85.1 Å².